The molecule has 0 bridgehead atoms. The monoisotopic (exact) mass is 219 g/mol. The molecular formula is C8H15N2O3S-. The minimum Gasteiger partial charge on any atom is -0.772 e. The summed E-state index contributed by atoms with van der Waals surface area (Å²) in [7, 11) is 0. The van der Waals surface area contributed by atoms with Crippen LogP contribution in [0.4, 0.5) is 0 Å². The highest BCUT2D eigenvalue weighted by Crippen LogP contribution is 2.09. The molecule has 1 aliphatic heterocycles. The van der Waals surface area contributed by atoms with Gasteiger partial charge in [0.15, 0.2) is 0 Å². The van der Waals surface area contributed by atoms with Gasteiger partial charge in [0, 0.05) is 19.1 Å². The lowest BCUT2D eigenvalue weighted by Crippen LogP contribution is -2.35. The molecule has 6 heteroatoms. The van der Waals surface area contributed by atoms with Crippen LogP contribution in [0, 0.1) is 0 Å². The van der Waals surface area contributed by atoms with Crippen LogP contribution in [-0.4, -0.2) is 44.5 Å². The number of likely N-dealkylation sites (tertiary alicyclic amines) is 1. The summed E-state index contributed by atoms with van der Waals surface area (Å²) in [6.45, 7) is 1.21. The van der Waals surface area contributed by atoms with E-state index in [2.05, 4.69) is 0 Å². The van der Waals surface area contributed by atoms with E-state index in [-0.39, 0.29) is 11.9 Å². The summed E-state index contributed by atoms with van der Waals surface area (Å²) >= 11 is -2.28. The smallest absolute Gasteiger partial charge is 0.234 e. The lowest BCUT2D eigenvalue weighted by Gasteiger charge is -2.20. The first-order valence-corrected chi connectivity index (χ1v) is 5.93. The minimum absolute atomic E-state index is 0.144. The molecule has 0 aromatic carbocycles. The summed E-state index contributed by atoms with van der Waals surface area (Å²) in [5, 5.41) is 0. The molecule has 0 saturated carbocycles. The molecule has 0 radical (unpaired) electrons. The molecule has 2 N–H and O–H groups in total. The van der Waals surface area contributed by atoms with Crippen molar-refractivity contribution >= 4 is 17.0 Å². The molecule has 14 heavy (non-hydrogen) atoms. The third-order valence-corrected chi connectivity index (χ3v) is 2.85. The maximum absolute atomic E-state index is 11.4. The number of nitrogens with two attached hydrogens (primary N) is 1. The van der Waals surface area contributed by atoms with E-state index in [4.69, 9.17) is 5.73 Å². The number of rotatable bonds is 2. The third kappa shape index (κ3) is 3.73. The van der Waals surface area contributed by atoms with Crippen molar-refractivity contribution in [2.24, 2.45) is 5.73 Å². The Bertz CT molecular complexity index is 235. The van der Waals surface area contributed by atoms with Crippen molar-refractivity contribution in [1.82, 2.24) is 4.90 Å². The van der Waals surface area contributed by atoms with Crippen LogP contribution in [0.5, 0.6) is 0 Å². The van der Waals surface area contributed by atoms with E-state index in [0.29, 0.717) is 13.1 Å². The van der Waals surface area contributed by atoms with E-state index in [0.717, 1.165) is 19.3 Å². The average Bonchev–Trinajstić information content (AvgIpc) is 2.28. The van der Waals surface area contributed by atoms with Gasteiger partial charge in [0.05, 0.1) is 5.75 Å². The summed E-state index contributed by atoms with van der Waals surface area (Å²) in [6.07, 6.45) is 2.53. The summed E-state index contributed by atoms with van der Waals surface area (Å²) in [5.41, 5.74) is 5.74. The molecule has 0 aromatic heterocycles. The highest BCUT2D eigenvalue weighted by molar-refractivity contribution is 7.79. The van der Waals surface area contributed by atoms with Crippen LogP contribution >= 0.6 is 0 Å². The van der Waals surface area contributed by atoms with Gasteiger partial charge in [0.2, 0.25) is 5.91 Å². The van der Waals surface area contributed by atoms with E-state index in [9.17, 15) is 13.6 Å². The van der Waals surface area contributed by atoms with E-state index in [1.54, 1.807) is 4.90 Å². The molecule has 1 heterocycles. The van der Waals surface area contributed by atoms with E-state index in [1.165, 1.54) is 0 Å². The number of nitrogens with zero attached hydrogens (tertiary/aromatic N) is 1. The molecule has 1 aliphatic rings. The van der Waals surface area contributed by atoms with Gasteiger partial charge in [-0.05, 0) is 30.3 Å². The second kappa shape index (κ2) is 5.43. The van der Waals surface area contributed by atoms with Crippen LogP contribution in [0.15, 0.2) is 0 Å². The summed E-state index contributed by atoms with van der Waals surface area (Å²) in [6, 6.07) is 0.144. The number of hydrogen-bond donors (Lipinski definition) is 1. The van der Waals surface area contributed by atoms with Crippen molar-refractivity contribution in [3.63, 3.8) is 0 Å². The molecule has 1 rings (SSSR count). The van der Waals surface area contributed by atoms with Crippen molar-refractivity contribution in [2.45, 2.75) is 25.3 Å². The normalized spacial score (nSPS) is 25.6. The minimum atomic E-state index is -2.28. The maximum Gasteiger partial charge on any atom is 0.234 e. The number of hydrogen-bond acceptors (Lipinski definition) is 4. The van der Waals surface area contributed by atoms with Crippen molar-refractivity contribution < 1.29 is 13.6 Å². The zero-order valence-electron chi connectivity index (χ0n) is 7.98. The predicted octanol–water partition coefficient (Wildman–Crippen LogP) is -0.795. The lowest BCUT2D eigenvalue weighted by atomic mass is 10.1. The van der Waals surface area contributed by atoms with Crippen LogP contribution in [-0.2, 0) is 15.9 Å². The van der Waals surface area contributed by atoms with Crippen LogP contribution in [0.25, 0.3) is 0 Å². The van der Waals surface area contributed by atoms with Crippen molar-refractivity contribution in [2.75, 3.05) is 18.8 Å². The van der Waals surface area contributed by atoms with Crippen molar-refractivity contribution in [3.05, 3.63) is 0 Å². The Labute approximate surface area is 85.9 Å². The summed E-state index contributed by atoms with van der Waals surface area (Å²) < 4.78 is 20.7. The molecule has 2 atom stereocenters. The summed E-state index contributed by atoms with van der Waals surface area (Å²) in [5.74, 6) is -0.720. The van der Waals surface area contributed by atoms with Crippen LogP contribution in [0.3, 0.4) is 0 Å². The van der Waals surface area contributed by atoms with E-state index in [1.807, 2.05) is 0 Å². The molecule has 0 aromatic rings. The molecule has 82 valence electrons. The van der Waals surface area contributed by atoms with Gasteiger partial charge < -0.3 is 15.2 Å². The molecule has 2 unspecified atom stereocenters. The average molecular weight is 219 g/mol. The number of amides is 1. The Morgan fingerprint density at radius 1 is 1.50 bits per heavy atom. The Balaban J connectivity index is 2.43. The second-order valence-corrected chi connectivity index (χ2v) is 4.42. The first-order chi connectivity index (χ1) is 6.59. The number of carbonyl (C=O) groups is 1. The largest absolute Gasteiger partial charge is 0.772 e. The highest BCUT2D eigenvalue weighted by atomic mass is 32.2. The van der Waals surface area contributed by atoms with Crippen molar-refractivity contribution in [1.29, 1.82) is 0 Å². The Morgan fingerprint density at radius 2 is 2.21 bits per heavy atom. The first kappa shape index (κ1) is 11.6. The summed E-state index contributed by atoms with van der Waals surface area (Å²) in [4.78, 5) is 12.9. The molecule has 1 amide bonds. The van der Waals surface area contributed by atoms with Crippen LogP contribution in [0.2, 0.25) is 0 Å². The van der Waals surface area contributed by atoms with E-state index < -0.39 is 16.8 Å². The quantitative estimate of drug-likeness (QED) is 0.616. The van der Waals surface area contributed by atoms with Gasteiger partial charge >= 0.3 is 0 Å². The highest BCUT2D eigenvalue weighted by Gasteiger charge is 2.18. The standard InChI is InChI=1S/C8H16N2O3S/c9-7-2-1-4-10(5-3-7)8(11)6-14(12)13/h7H,1-6,9H2,(H,12,13)/p-1. The topological polar surface area (TPSA) is 86.5 Å². The maximum atomic E-state index is 11.4. The van der Waals surface area contributed by atoms with Crippen LogP contribution < -0.4 is 5.73 Å². The zero-order valence-corrected chi connectivity index (χ0v) is 8.79. The Morgan fingerprint density at radius 3 is 2.86 bits per heavy atom. The molecule has 5 nitrogen and oxygen atoms in total. The predicted molar refractivity (Wildman–Crippen MR) is 52.2 cm³/mol. The van der Waals surface area contributed by atoms with Crippen molar-refractivity contribution in [3.8, 4) is 0 Å². The van der Waals surface area contributed by atoms with Gasteiger partial charge in [-0.2, -0.15) is 0 Å². The molecular weight excluding hydrogens is 204 g/mol. The molecule has 1 fully saturated rings. The second-order valence-electron chi connectivity index (χ2n) is 3.52. The molecule has 1 saturated heterocycles. The fraction of sp³-hybridized carbons (Fsp3) is 0.875. The molecule has 0 aliphatic carbocycles. The fourth-order valence-corrected chi connectivity index (χ4v) is 1.95. The van der Waals surface area contributed by atoms with Crippen LogP contribution in [0.1, 0.15) is 19.3 Å². The third-order valence-electron chi connectivity index (χ3n) is 2.37. The van der Waals surface area contributed by atoms with Gasteiger partial charge in [-0.3, -0.25) is 9.00 Å². The first-order valence-electron chi connectivity index (χ1n) is 4.69. The molecule has 0 spiro atoms. The lowest BCUT2D eigenvalue weighted by molar-refractivity contribution is -0.128. The Kier molecular flexibility index (Phi) is 4.50. The van der Waals surface area contributed by atoms with Gasteiger partial charge in [0.25, 0.3) is 0 Å². The van der Waals surface area contributed by atoms with Gasteiger partial charge in [-0.15, -0.1) is 0 Å². The fourth-order valence-electron chi connectivity index (χ4n) is 1.56. The van der Waals surface area contributed by atoms with E-state index >= 15 is 0 Å². The van der Waals surface area contributed by atoms with Gasteiger partial charge in [0.1, 0.15) is 0 Å². The van der Waals surface area contributed by atoms with Gasteiger partial charge in [-0.25, -0.2) is 0 Å². The van der Waals surface area contributed by atoms with Gasteiger partial charge in [-0.1, -0.05) is 0 Å². The SMILES string of the molecule is NC1CCCN(C(=O)CS(=O)[O-])CC1. The Hall–Kier alpha value is -0.460. The number of carbonyl (C=O) groups excluding carboxylic acids is 1. The zero-order chi connectivity index (χ0) is 10.6.